The largest absolute Gasteiger partial charge is 0.343 e. The maximum absolute atomic E-state index is 11.8. The number of halogens is 1. The molecule has 0 unspecified atom stereocenters. The highest BCUT2D eigenvalue weighted by Crippen LogP contribution is 2.10. The molecule has 1 aromatic heterocycles. The zero-order valence-electron chi connectivity index (χ0n) is 10.5. The average molecular weight is 290 g/mol. The van der Waals surface area contributed by atoms with Crippen molar-refractivity contribution in [3.8, 4) is 0 Å². The number of hydrogen-bond acceptors (Lipinski definition) is 3. The van der Waals surface area contributed by atoms with E-state index in [4.69, 9.17) is 11.6 Å². The number of carbonyl (C=O) groups excluding carboxylic acids is 2. The summed E-state index contributed by atoms with van der Waals surface area (Å²) in [6.45, 7) is -0.125. The Morgan fingerprint density at radius 3 is 2.75 bits per heavy atom. The number of amides is 2. The first-order chi connectivity index (χ1) is 9.65. The summed E-state index contributed by atoms with van der Waals surface area (Å²) in [7, 11) is 0. The van der Waals surface area contributed by atoms with Crippen LogP contribution >= 0.6 is 11.6 Å². The SMILES string of the molecule is O=C(CNC(=O)c1cccc(Cl)c1)Nc1cccnc1. The monoisotopic (exact) mass is 289 g/mol. The maximum Gasteiger partial charge on any atom is 0.251 e. The van der Waals surface area contributed by atoms with E-state index in [0.29, 0.717) is 16.3 Å². The van der Waals surface area contributed by atoms with Crippen LogP contribution in [0.3, 0.4) is 0 Å². The van der Waals surface area contributed by atoms with Crippen molar-refractivity contribution in [2.24, 2.45) is 0 Å². The Labute approximate surface area is 121 Å². The summed E-state index contributed by atoms with van der Waals surface area (Å²) in [6.07, 6.45) is 3.13. The van der Waals surface area contributed by atoms with Crippen molar-refractivity contribution >= 4 is 29.1 Å². The molecule has 102 valence electrons. The molecule has 0 saturated carbocycles. The molecule has 6 heteroatoms. The normalized spacial score (nSPS) is 9.85. The second-order valence-electron chi connectivity index (χ2n) is 3.98. The van der Waals surface area contributed by atoms with Gasteiger partial charge in [0.05, 0.1) is 18.4 Å². The predicted octanol–water partition coefficient (Wildman–Crippen LogP) is 2.10. The first-order valence-electron chi connectivity index (χ1n) is 5.89. The molecule has 0 aliphatic carbocycles. The van der Waals surface area contributed by atoms with Gasteiger partial charge in [0.1, 0.15) is 0 Å². The van der Waals surface area contributed by atoms with Gasteiger partial charge in [0, 0.05) is 16.8 Å². The summed E-state index contributed by atoms with van der Waals surface area (Å²) in [6, 6.07) is 9.93. The molecule has 1 heterocycles. The quantitative estimate of drug-likeness (QED) is 0.905. The molecule has 0 bridgehead atoms. The lowest BCUT2D eigenvalue weighted by atomic mass is 10.2. The van der Waals surface area contributed by atoms with Crippen LogP contribution in [0, 0.1) is 0 Å². The lowest BCUT2D eigenvalue weighted by Gasteiger charge is -2.06. The van der Waals surface area contributed by atoms with Crippen LogP contribution in [0.25, 0.3) is 0 Å². The topological polar surface area (TPSA) is 71.1 Å². The Kier molecular flexibility index (Phi) is 4.68. The van der Waals surface area contributed by atoms with Crippen molar-refractivity contribution in [2.75, 3.05) is 11.9 Å². The highest BCUT2D eigenvalue weighted by Gasteiger charge is 2.08. The fourth-order valence-electron chi connectivity index (χ4n) is 1.53. The summed E-state index contributed by atoms with van der Waals surface area (Å²) in [4.78, 5) is 27.3. The van der Waals surface area contributed by atoms with Gasteiger partial charge in [0.25, 0.3) is 5.91 Å². The molecular weight excluding hydrogens is 278 g/mol. The molecule has 0 fully saturated rings. The minimum absolute atomic E-state index is 0.125. The number of anilines is 1. The predicted molar refractivity (Wildman–Crippen MR) is 76.7 cm³/mol. The lowest BCUT2D eigenvalue weighted by molar-refractivity contribution is -0.115. The van der Waals surface area contributed by atoms with Crippen LogP contribution in [-0.2, 0) is 4.79 Å². The van der Waals surface area contributed by atoms with Gasteiger partial charge in [0.15, 0.2) is 0 Å². The number of benzene rings is 1. The van der Waals surface area contributed by atoms with Crippen molar-refractivity contribution in [1.82, 2.24) is 10.3 Å². The van der Waals surface area contributed by atoms with Crippen molar-refractivity contribution < 1.29 is 9.59 Å². The smallest absolute Gasteiger partial charge is 0.251 e. The van der Waals surface area contributed by atoms with Crippen LogP contribution in [0.2, 0.25) is 5.02 Å². The van der Waals surface area contributed by atoms with Crippen LogP contribution in [-0.4, -0.2) is 23.3 Å². The van der Waals surface area contributed by atoms with Crippen molar-refractivity contribution in [3.05, 3.63) is 59.4 Å². The summed E-state index contributed by atoms with van der Waals surface area (Å²) in [5, 5.41) is 5.60. The van der Waals surface area contributed by atoms with Gasteiger partial charge in [-0.1, -0.05) is 17.7 Å². The zero-order valence-corrected chi connectivity index (χ0v) is 11.2. The second-order valence-corrected chi connectivity index (χ2v) is 4.42. The van der Waals surface area contributed by atoms with E-state index in [0.717, 1.165) is 0 Å². The van der Waals surface area contributed by atoms with Gasteiger partial charge >= 0.3 is 0 Å². The third-order valence-corrected chi connectivity index (χ3v) is 2.68. The van der Waals surface area contributed by atoms with E-state index in [-0.39, 0.29) is 18.4 Å². The zero-order chi connectivity index (χ0) is 14.4. The van der Waals surface area contributed by atoms with Gasteiger partial charge in [-0.05, 0) is 30.3 Å². The third kappa shape index (κ3) is 4.07. The number of nitrogens with one attached hydrogen (secondary N) is 2. The van der Waals surface area contributed by atoms with Crippen LogP contribution < -0.4 is 10.6 Å². The van der Waals surface area contributed by atoms with Crippen molar-refractivity contribution in [1.29, 1.82) is 0 Å². The molecular formula is C14H12ClN3O2. The summed E-state index contributed by atoms with van der Waals surface area (Å²) in [5.41, 5.74) is 0.987. The molecule has 2 aromatic rings. The van der Waals surface area contributed by atoms with E-state index < -0.39 is 0 Å². The molecule has 2 N–H and O–H groups in total. The molecule has 2 amide bonds. The molecule has 20 heavy (non-hydrogen) atoms. The molecule has 2 rings (SSSR count). The number of carbonyl (C=O) groups is 2. The van der Waals surface area contributed by atoms with Crippen LogP contribution in [0.5, 0.6) is 0 Å². The van der Waals surface area contributed by atoms with Gasteiger partial charge in [-0.3, -0.25) is 14.6 Å². The molecule has 0 saturated heterocycles. The Hall–Kier alpha value is -2.40. The maximum atomic E-state index is 11.8. The Morgan fingerprint density at radius 1 is 1.20 bits per heavy atom. The number of pyridine rings is 1. The molecule has 1 aromatic carbocycles. The van der Waals surface area contributed by atoms with E-state index in [9.17, 15) is 9.59 Å². The molecule has 0 spiro atoms. The van der Waals surface area contributed by atoms with Crippen LogP contribution in [0.1, 0.15) is 10.4 Å². The molecule has 0 radical (unpaired) electrons. The molecule has 0 aliphatic heterocycles. The lowest BCUT2D eigenvalue weighted by Crippen LogP contribution is -2.32. The van der Waals surface area contributed by atoms with Gasteiger partial charge in [-0.2, -0.15) is 0 Å². The average Bonchev–Trinajstić information content (AvgIpc) is 2.46. The number of aromatic nitrogens is 1. The molecule has 0 atom stereocenters. The van der Waals surface area contributed by atoms with Crippen molar-refractivity contribution in [3.63, 3.8) is 0 Å². The van der Waals surface area contributed by atoms with Crippen LogP contribution in [0.4, 0.5) is 5.69 Å². The Morgan fingerprint density at radius 2 is 2.05 bits per heavy atom. The minimum Gasteiger partial charge on any atom is -0.343 e. The third-order valence-electron chi connectivity index (χ3n) is 2.44. The fraction of sp³-hybridized carbons (Fsp3) is 0.0714. The van der Waals surface area contributed by atoms with E-state index in [1.807, 2.05) is 0 Å². The van der Waals surface area contributed by atoms with Gasteiger partial charge in [-0.15, -0.1) is 0 Å². The first kappa shape index (κ1) is 14.0. The Bertz CT molecular complexity index is 617. The highest BCUT2D eigenvalue weighted by atomic mass is 35.5. The van der Waals surface area contributed by atoms with Crippen molar-refractivity contribution in [2.45, 2.75) is 0 Å². The standard InChI is InChI=1S/C14H12ClN3O2/c15-11-4-1-3-10(7-11)14(20)17-9-13(19)18-12-5-2-6-16-8-12/h1-8H,9H2,(H,17,20)(H,18,19). The highest BCUT2D eigenvalue weighted by molar-refractivity contribution is 6.31. The number of nitrogens with zero attached hydrogens (tertiary/aromatic N) is 1. The van der Waals surface area contributed by atoms with E-state index in [2.05, 4.69) is 15.6 Å². The van der Waals surface area contributed by atoms with E-state index in [1.165, 1.54) is 12.3 Å². The molecule has 0 aliphatic rings. The minimum atomic E-state index is -0.353. The second kappa shape index (κ2) is 6.68. The Balaban J connectivity index is 1.86. The summed E-state index contributed by atoms with van der Waals surface area (Å²) in [5.74, 6) is -0.679. The van der Waals surface area contributed by atoms with Gasteiger partial charge in [-0.25, -0.2) is 0 Å². The van der Waals surface area contributed by atoms with Gasteiger partial charge < -0.3 is 10.6 Å². The molecule has 5 nitrogen and oxygen atoms in total. The summed E-state index contributed by atoms with van der Waals surface area (Å²) >= 11 is 5.79. The number of rotatable bonds is 4. The first-order valence-corrected chi connectivity index (χ1v) is 6.26. The van der Waals surface area contributed by atoms with E-state index >= 15 is 0 Å². The number of hydrogen-bond donors (Lipinski definition) is 2. The summed E-state index contributed by atoms with van der Waals surface area (Å²) < 4.78 is 0. The van der Waals surface area contributed by atoms with Crippen LogP contribution in [0.15, 0.2) is 48.8 Å². The van der Waals surface area contributed by atoms with E-state index in [1.54, 1.807) is 36.5 Å². The fourth-order valence-corrected chi connectivity index (χ4v) is 1.72. The van der Waals surface area contributed by atoms with Gasteiger partial charge in [0.2, 0.25) is 5.91 Å².